The third-order valence-electron chi connectivity index (χ3n) is 7.56. The number of methoxy groups -OCH3 is 1. The second-order valence-corrected chi connectivity index (χ2v) is 14.9. The van der Waals surface area contributed by atoms with Crippen LogP contribution in [0.25, 0.3) is 0 Å². The van der Waals surface area contributed by atoms with Crippen LogP contribution in [0.3, 0.4) is 0 Å². The molecule has 3 aromatic rings. The molecule has 0 radical (unpaired) electrons. The molecule has 0 aliphatic heterocycles. The van der Waals surface area contributed by atoms with Crippen molar-refractivity contribution >= 4 is 33.6 Å². The summed E-state index contributed by atoms with van der Waals surface area (Å²) in [6.45, 7) is 6.41. The van der Waals surface area contributed by atoms with Crippen LogP contribution in [0.4, 0.5) is 0 Å². The Morgan fingerprint density at radius 2 is 1.65 bits per heavy atom. The van der Waals surface area contributed by atoms with Crippen molar-refractivity contribution in [3.8, 4) is 5.75 Å². The Labute approximate surface area is 259 Å². The highest BCUT2D eigenvalue weighted by atomic mass is 32.2. The second-order valence-electron chi connectivity index (χ2n) is 12.0. The standard InChI is InChI=1S/C33H41N3O5S2/c1-33(2,3)23-11-9-22(10-12-23)19-25(20-31(34)37)35-32(38)29-21-28(43(39,40)36-24-7-5-6-8-24)17-18-30(29)42-27-15-13-26(41-4)14-16-27/h9-18,21,24-25,36H,5-8,19-20H2,1-4H3,(H2,34,37)(H,35,38). The fraction of sp³-hybridized carbons (Fsp3) is 0.394. The molecule has 0 spiro atoms. The van der Waals surface area contributed by atoms with Gasteiger partial charge in [0.1, 0.15) is 5.75 Å². The van der Waals surface area contributed by atoms with Crippen LogP contribution >= 0.6 is 11.8 Å². The number of amides is 2. The molecule has 4 N–H and O–H groups in total. The first-order chi connectivity index (χ1) is 20.3. The Bertz CT molecular complexity index is 1530. The second kappa shape index (κ2) is 14.0. The van der Waals surface area contributed by atoms with Crippen molar-refractivity contribution in [3.05, 3.63) is 83.4 Å². The SMILES string of the molecule is COc1ccc(Sc2ccc(S(=O)(=O)NC3CCCC3)cc2C(=O)NC(CC(N)=O)Cc2ccc(C(C)(C)C)cc2)cc1. The monoisotopic (exact) mass is 623 g/mol. The van der Waals surface area contributed by atoms with E-state index in [1.54, 1.807) is 13.2 Å². The van der Waals surface area contributed by atoms with Gasteiger partial charge in [0.15, 0.2) is 0 Å². The molecule has 2 amide bonds. The van der Waals surface area contributed by atoms with Gasteiger partial charge in [0, 0.05) is 28.3 Å². The molecule has 1 atom stereocenters. The van der Waals surface area contributed by atoms with Crippen LogP contribution in [0.15, 0.2) is 81.4 Å². The fourth-order valence-corrected chi connectivity index (χ4v) is 7.40. The molecule has 43 heavy (non-hydrogen) atoms. The molecular formula is C33H41N3O5S2. The van der Waals surface area contributed by atoms with Crippen molar-refractivity contribution in [2.45, 2.75) is 91.5 Å². The Kier molecular flexibility index (Phi) is 10.6. The normalized spacial score (nSPS) is 14.8. The lowest BCUT2D eigenvalue weighted by Crippen LogP contribution is -2.39. The molecule has 230 valence electrons. The predicted octanol–water partition coefficient (Wildman–Crippen LogP) is 5.58. The van der Waals surface area contributed by atoms with Gasteiger partial charge in [-0.05, 0) is 78.3 Å². The van der Waals surface area contributed by atoms with Crippen LogP contribution < -0.4 is 20.5 Å². The molecule has 3 aromatic carbocycles. The summed E-state index contributed by atoms with van der Waals surface area (Å²) in [5.74, 6) is -0.320. The van der Waals surface area contributed by atoms with Gasteiger partial charge in [0.2, 0.25) is 15.9 Å². The Morgan fingerprint density at radius 3 is 2.23 bits per heavy atom. The zero-order chi connectivity index (χ0) is 31.2. The average Bonchev–Trinajstić information content (AvgIpc) is 3.45. The summed E-state index contributed by atoms with van der Waals surface area (Å²) in [5, 5.41) is 2.97. The van der Waals surface area contributed by atoms with Crippen molar-refractivity contribution in [1.82, 2.24) is 10.0 Å². The van der Waals surface area contributed by atoms with E-state index in [0.29, 0.717) is 17.1 Å². The molecule has 1 aliphatic rings. The van der Waals surface area contributed by atoms with Gasteiger partial charge in [-0.15, -0.1) is 0 Å². The van der Waals surface area contributed by atoms with Crippen LogP contribution in [0, 0.1) is 0 Å². The molecule has 0 bridgehead atoms. The maximum Gasteiger partial charge on any atom is 0.252 e. The molecule has 4 rings (SSSR count). The topological polar surface area (TPSA) is 128 Å². The molecular weight excluding hydrogens is 583 g/mol. The molecule has 1 aliphatic carbocycles. The quantitative estimate of drug-likeness (QED) is 0.242. The van der Waals surface area contributed by atoms with E-state index in [9.17, 15) is 18.0 Å². The Hall–Kier alpha value is -3.34. The highest BCUT2D eigenvalue weighted by molar-refractivity contribution is 7.99. The number of sulfonamides is 1. The number of benzene rings is 3. The van der Waals surface area contributed by atoms with E-state index in [1.807, 2.05) is 48.5 Å². The highest BCUT2D eigenvalue weighted by Gasteiger charge is 2.26. The van der Waals surface area contributed by atoms with E-state index in [-0.39, 0.29) is 28.3 Å². The molecule has 1 unspecified atom stereocenters. The fourth-order valence-electron chi connectivity index (χ4n) is 5.15. The van der Waals surface area contributed by atoms with Crippen LogP contribution in [0.5, 0.6) is 5.75 Å². The van der Waals surface area contributed by atoms with Crippen molar-refractivity contribution < 1.29 is 22.7 Å². The maximum absolute atomic E-state index is 13.8. The number of hydrogen-bond donors (Lipinski definition) is 3. The summed E-state index contributed by atoms with van der Waals surface area (Å²) in [6.07, 6.45) is 3.89. The van der Waals surface area contributed by atoms with E-state index < -0.39 is 27.9 Å². The lowest BCUT2D eigenvalue weighted by molar-refractivity contribution is -0.118. The molecule has 1 fully saturated rings. The van der Waals surface area contributed by atoms with E-state index in [0.717, 1.165) is 36.1 Å². The van der Waals surface area contributed by atoms with E-state index >= 15 is 0 Å². The third kappa shape index (κ3) is 9.08. The van der Waals surface area contributed by atoms with E-state index in [4.69, 9.17) is 10.5 Å². The van der Waals surface area contributed by atoms with E-state index in [1.165, 1.54) is 29.5 Å². The summed E-state index contributed by atoms with van der Waals surface area (Å²) >= 11 is 1.34. The number of rotatable bonds is 12. The van der Waals surface area contributed by atoms with Crippen LogP contribution in [-0.2, 0) is 26.7 Å². The lowest BCUT2D eigenvalue weighted by atomic mass is 9.86. The lowest BCUT2D eigenvalue weighted by Gasteiger charge is -2.21. The minimum atomic E-state index is -3.84. The maximum atomic E-state index is 13.8. The molecule has 0 heterocycles. The number of carbonyl (C=O) groups excluding carboxylic acids is 2. The van der Waals surface area contributed by atoms with Crippen LogP contribution in [0.2, 0.25) is 0 Å². The zero-order valence-electron chi connectivity index (χ0n) is 25.2. The van der Waals surface area contributed by atoms with Crippen molar-refractivity contribution in [1.29, 1.82) is 0 Å². The third-order valence-corrected chi connectivity index (χ3v) is 10.2. The number of nitrogens with two attached hydrogens (primary N) is 1. The number of nitrogens with one attached hydrogen (secondary N) is 2. The Balaban J connectivity index is 1.63. The van der Waals surface area contributed by atoms with Gasteiger partial charge in [0.05, 0.1) is 17.6 Å². The number of carbonyl (C=O) groups is 2. The molecule has 8 nitrogen and oxygen atoms in total. The Morgan fingerprint density at radius 1 is 1.00 bits per heavy atom. The van der Waals surface area contributed by atoms with Crippen LogP contribution in [-0.4, -0.2) is 39.4 Å². The number of hydrogen-bond acceptors (Lipinski definition) is 6. The summed E-state index contributed by atoms with van der Waals surface area (Å²) < 4.78 is 34.6. The number of primary amides is 1. The van der Waals surface area contributed by atoms with Crippen molar-refractivity contribution in [3.63, 3.8) is 0 Å². The van der Waals surface area contributed by atoms with Gasteiger partial charge in [-0.1, -0.05) is 69.6 Å². The van der Waals surface area contributed by atoms with Crippen molar-refractivity contribution in [2.75, 3.05) is 7.11 Å². The van der Waals surface area contributed by atoms with Crippen molar-refractivity contribution in [2.24, 2.45) is 5.73 Å². The first-order valence-electron chi connectivity index (χ1n) is 14.5. The highest BCUT2D eigenvalue weighted by Crippen LogP contribution is 2.33. The van der Waals surface area contributed by atoms with Gasteiger partial charge in [-0.25, -0.2) is 13.1 Å². The van der Waals surface area contributed by atoms with Gasteiger partial charge >= 0.3 is 0 Å². The molecule has 1 saturated carbocycles. The summed E-state index contributed by atoms with van der Waals surface area (Å²) in [4.78, 5) is 27.3. The average molecular weight is 624 g/mol. The van der Waals surface area contributed by atoms with Gasteiger partial charge < -0.3 is 15.8 Å². The minimum Gasteiger partial charge on any atom is -0.497 e. The summed E-state index contributed by atoms with van der Waals surface area (Å²) in [7, 11) is -2.25. The zero-order valence-corrected chi connectivity index (χ0v) is 26.8. The first kappa shape index (κ1) is 32.6. The van der Waals surface area contributed by atoms with Crippen LogP contribution in [0.1, 0.15) is 74.4 Å². The van der Waals surface area contributed by atoms with Gasteiger partial charge in [-0.2, -0.15) is 0 Å². The molecule has 10 heteroatoms. The molecule has 0 aromatic heterocycles. The largest absolute Gasteiger partial charge is 0.497 e. The first-order valence-corrected chi connectivity index (χ1v) is 16.8. The van der Waals surface area contributed by atoms with E-state index in [2.05, 4.69) is 30.8 Å². The summed E-state index contributed by atoms with van der Waals surface area (Å²) in [5.41, 5.74) is 7.89. The van der Waals surface area contributed by atoms with Gasteiger partial charge in [0.25, 0.3) is 5.91 Å². The predicted molar refractivity (Wildman–Crippen MR) is 170 cm³/mol. The van der Waals surface area contributed by atoms with Gasteiger partial charge in [-0.3, -0.25) is 9.59 Å². The number of ether oxygens (including phenoxy) is 1. The molecule has 0 saturated heterocycles. The summed E-state index contributed by atoms with van der Waals surface area (Å²) in [6, 6.07) is 19.4. The smallest absolute Gasteiger partial charge is 0.252 e. The minimum absolute atomic E-state index is 0.00467.